The third-order valence-electron chi connectivity index (χ3n) is 5.62. The Labute approximate surface area is 215 Å². The summed E-state index contributed by atoms with van der Waals surface area (Å²) in [5.74, 6) is -0.0310. The number of amides is 1. The standard InChI is InChI=1S/C24H26N4O5S3/c29-24(26-15-18-34-23-13-7-8-14-25-23)22-19-27(35(30,31)20-9-3-1-4-10-20)16-17-28(22)36(32,33)21-11-5-2-6-12-21/h1-14,22H,15-19H2,(H,26,29)/t22-/m0/s1. The Morgan fingerprint density at radius 3 is 2.08 bits per heavy atom. The molecule has 1 amide bonds. The Morgan fingerprint density at radius 1 is 0.861 bits per heavy atom. The molecule has 4 rings (SSSR count). The second-order valence-corrected chi connectivity index (χ2v) is 12.9. The van der Waals surface area contributed by atoms with Crippen molar-refractivity contribution < 1.29 is 21.6 Å². The molecule has 0 unspecified atom stereocenters. The zero-order valence-corrected chi connectivity index (χ0v) is 21.8. The van der Waals surface area contributed by atoms with E-state index in [1.165, 1.54) is 40.3 Å². The number of carbonyl (C=O) groups excluding carboxylic acids is 1. The molecule has 2 aromatic carbocycles. The summed E-state index contributed by atoms with van der Waals surface area (Å²) in [5, 5.41) is 3.58. The first-order valence-corrected chi connectivity index (χ1v) is 15.1. The smallest absolute Gasteiger partial charge is 0.243 e. The van der Waals surface area contributed by atoms with Crippen LogP contribution in [-0.2, 0) is 24.8 Å². The Hall–Kier alpha value is -2.77. The lowest BCUT2D eigenvalue weighted by Gasteiger charge is -2.38. The van der Waals surface area contributed by atoms with Gasteiger partial charge < -0.3 is 5.32 Å². The molecule has 12 heteroatoms. The van der Waals surface area contributed by atoms with Gasteiger partial charge in [0.05, 0.1) is 14.8 Å². The average Bonchev–Trinajstić information content (AvgIpc) is 2.92. The van der Waals surface area contributed by atoms with E-state index in [0.717, 1.165) is 9.33 Å². The molecule has 0 radical (unpaired) electrons. The molecule has 1 aliphatic heterocycles. The second kappa shape index (κ2) is 11.5. The normalized spacial score (nSPS) is 17.5. The minimum Gasteiger partial charge on any atom is -0.354 e. The highest BCUT2D eigenvalue weighted by molar-refractivity contribution is 7.99. The molecule has 0 aliphatic carbocycles. The maximum Gasteiger partial charge on any atom is 0.243 e. The molecule has 3 aromatic rings. The van der Waals surface area contributed by atoms with E-state index < -0.39 is 32.0 Å². The largest absolute Gasteiger partial charge is 0.354 e. The Bertz CT molecular complexity index is 1370. The minimum absolute atomic E-state index is 0.0490. The van der Waals surface area contributed by atoms with Gasteiger partial charge in [0.15, 0.2) is 0 Å². The van der Waals surface area contributed by atoms with Crippen LogP contribution in [0.4, 0.5) is 0 Å². The van der Waals surface area contributed by atoms with Crippen LogP contribution in [0.3, 0.4) is 0 Å². The number of aromatic nitrogens is 1. The topological polar surface area (TPSA) is 117 Å². The molecule has 1 saturated heterocycles. The number of sulfonamides is 2. The highest BCUT2D eigenvalue weighted by Crippen LogP contribution is 2.25. The average molecular weight is 547 g/mol. The Morgan fingerprint density at radius 2 is 1.47 bits per heavy atom. The van der Waals surface area contributed by atoms with E-state index in [1.807, 2.05) is 18.2 Å². The first kappa shape index (κ1) is 26.3. The van der Waals surface area contributed by atoms with E-state index in [4.69, 9.17) is 0 Å². The van der Waals surface area contributed by atoms with Crippen LogP contribution in [-0.4, -0.2) is 74.3 Å². The number of thioether (sulfide) groups is 1. The summed E-state index contributed by atoms with van der Waals surface area (Å²) in [6.45, 7) is -0.240. The van der Waals surface area contributed by atoms with Crippen LogP contribution in [0.5, 0.6) is 0 Å². The molecule has 1 N–H and O–H groups in total. The van der Waals surface area contributed by atoms with Gasteiger partial charge in [-0.25, -0.2) is 21.8 Å². The van der Waals surface area contributed by atoms with Gasteiger partial charge >= 0.3 is 0 Å². The fourth-order valence-corrected chi connectivity index (χ4v) is 7.58. The van der Waals surface area contributed by atoms with Gasteiger partial charge in [-0.1, -0.05) is 42.5 Å². The number of piperazine rings is 1. The highest BCUT2D eigenvalue weighted by atomic mass is 32.2. The van der Waals surface area contributed by atoms with E-state index in [2.05, 4.69) is 10.3 Å². The molecule has 0 bridgehead atoms. The van der Waals surface area contributed by atoms with Crippen molar-refractivity contribution in [2.45, 2.75) is 20.9 Å². The number of carbonyl (C=O) groups is 1. The second-order valence-electron chi connectivity index (χ2n) is 7.93. The molecule has 9 nitrogen and oxygen atoms in total. The van der Waals surface area contributed by atoms with Gasteiger partial charge in [0.2, 0.25) is 26.0 Å². The van der Waals surface area contributed by atoms with E-state index in [9.17, 15) is 21.6 Å². The lowest BCUT2D eigenvalue weighted by Crippen LogP contribution is -2.61. The van der Waals surface area contributed by atoms with Crippen LogP contribution in [0.1, 0.15) is 0 Å². The monoisotopic (exact) mass is 546 g/mol. The van der Waals surface area contributed by atoms with E-state index in [-0.39, 0.29) is 36.0 Å². The van der Waals surface area contributed by atoms with E-state index >= 15 is 0 Å². The van der Waals surface area contributed by atoms with Crippen LogP contribution < -0.4 is 5.32 Å². The summed E-state index contributed by atoms with van der Waals surface area (Å²) in [5.41, 5.74) is 0. The molecule has 1 atom stereocenters. The fraction of sp³-hybridized carbons (Fsp3) is 0.250. The van der Waals surface area contributed by atoms with Gasteiger partial charge in [0.25, 0.3) is 0 Å². The van der Waals surface area contributed by atoms with Crippen molar-refractivity contribution in [1.82, 2.24) is 18.9 Å². The van der Waals surface area contributed by atoms with Crippen molar-refractivity contribution in [2.75, 3.05) is 31.9 Å². The quantitative estimate of drug-likeness (QED) is 0.323. The number of hydrogen-bond donors (Lipinski definition) is 1. The van der Waals surface area contributed by atoms with E-state index in [1.54, 1.807) is 42.6 Å². The predicted molar refractivity (Wildman–Crippen MR) is 137 cm³/mol. The number of pyridine rings is 1. The first-order chi connectivity index (χ1) is 17.3. The summed E-state index contributed by atoms with van der Waals surface area (Å²) < 4.78 is 55.5. The predicted octanol–water partition coefficient (Wildman–Crippen LogP) is 2.05. The van der Waals surface area contributed by atoms with Gasteiger partial charge in [-0.3, -0.25) is 4.79 Å². The van der Waals surface area contributed by atoms with Crippen molar-refractivity contribution in [3.05, 3.63) is 85.1 Å². The molecule has 36 heavy (non-hydrogen) atoms. The first-order valence-electron chi connectivity index (χ1n) is 11.2. The van der Waals surface area contributed by atoms with Crippen LogP contribution in [0.15, 0.2) is 99.9 Å². The molecule has 2 heterocycles. The van der Waals surface area contributed by atoms with Gasteiger partial charge in [-0.05, 0) is 36.4 Å². The zero-order chi connectivity index (χ0) is 25.6. The Balaban J connectivity index is 1.54. The number of nitrogens with zero attached hydrogens (tertiary/aromatic N) is 3. The van der Waals surface area contributed by atoms with Gasteiger partial charge in [-0.2, -0.15) is 8.61 Å². The van der Waals surface area contributed by atoms with Crippen LogP contribution >= 0.6 is 11.8 Å². The summed E-state index contributed by atoms with van der Waals surface area (Å²) in [7, 11) is -7.93. The van der Waals surface area contributed by atoms with Crippen molar-refractivity contribution in [3.63, 3.8) is 0 Å². The molecule has 0 spiro atoms. The van der Waals surface area contributed by atoms with Crippen LogP contribution in [0.25, 0.3) is 0 Å². The molecule has 1 aliphatic rings. The third kappa shape index (κ3) is 5.95. The summed E-state index contributed by atoms with van der Waals surface area (Å²) in [6.07, 6.45) is 1.68. The van der Waals surface area contributed by atoms with Gasteiger partial charge in [0.1, 0.15) is 6.04 Å². The summed E-state index contributed by atoms with van der Waals surface area (Å²) in [4.78, 5) is 17.6. The van der Waals surface area contributed by atoms with Crippen molar-refractivity contribution in [3.8, 4) is 0 Å². The van der Waals surface area contributed by atoms with Crippen LogP contribution in [0, 0.1) is 0 Å². The number of nitrogens with one attached hydrogen (secondary N) is 1. The van der Waals surface area contributed by atoms with Crippen molar-refractivity contribution in [1.29, 1.82) is 0 Å². The van der Waals surface area contributed by atoms with Gasteiger partial charge in [-0.15, -0.1) is 11.8 Å². The number of hydrogen-bond acceptors (Lipinski definition) is 7. The lowest BCUT2D eigenvalue weighted by atomic mass is 10.2. The maximum absolute atomic E-state index is 13.4. The maximum atomic E-state index is 13.4. The fourth-order valence-electron chi connectivity index (χ4n) is 3.81. The molecular formula is C24H26N4O5S3. The Kier molecular flexibility index (Phi) is 8.42. The van der Waals surface area contributed by atoms with Gasteiger partial charge in [0, 0.05) is 38.1 Å². The number of rotatable bonds is 9. The lowest BCUT2D eigenvalue weighted by molar-refractivity contribution is -0.125. The third-order valence-corrected chi connectivity index (χ3v) is 10.4. The number of benzene rings is 2. The van der Waals surface area contributed by atoms with Crippen molar-refractivity contribution in [2.24, 2.45) is 0 Å². The zero-order valence-electron chi connectivity index (χ0n) is 19.3. The molecular weight excluding hydrogens is 520 g/mol. The summed E-state index contributed by atoms with van der Waals surface area (Å²) in [6, 6.07) is 20.0. The minimum atomic E-state index is -4.03. The molecule has 1 fully saturated rings. The van der Waals surface area contributed by atoms with Crippen molar-refractivity contribution >= 4 is 37.7 Å². The van der Waals surface area contributed by atoms with E-state index in [0.29, 0.717) is 5.75 Å². The summed E-state index contributed by atoms with van der Waals surface area (Å²) >= 11 is 1.45. The van der Waals surface area contributed by atoms with Crippen LogP contribution in [0.2, 0.25) is 0 Å². The SMILES string of the molecule is O=C(NCCSc1ccccn1)[C@@H]1CN(S(=O)(=O)c2ccccc2)CCN1S(=O)(=O)c1ccccc1. The molecule has 0 saturated carbocycles. The molecule has 190 valence electrons. The highest BCUT2D eigenvalue weighted by Gasteiger charge is 2.43. The molecule has 1 aromatic heterocycles.